The number of methoxy groups -OCH3 is 1. The fourth-order valence-electron chi connectivity index (χ4n) is 2.17. The van der Waals surface area contributed by atoms with Gasteiger partial charge in [0.15, 0.2) is 11.5 Å². The van der Waals surface area contributed by atoms with Gasteiger partial charge in [0.2, 0.25) is 0 Å². The van der Waals surface area contributed by atoms with Crippen LogP contribution in [0.1, 0.15) is 25.5 Å². The molecule has 0 aliphatic rings. The first-order valence-electron chi connectivity index (χ1n) is 6.99. The fraction of sp³-hybridized carbons (Fsp3) is 0.294. The van der Waals surface area contributed by atoms with E-state index >= 15 is 0 Å². The van der Waals surface area contributed by atoms with Crippen molar-refractivity contribution in [3.05, 3.63) is 53.1 Å². The smallest absolute Gasteiger partial charge is 0.169 e. The maximum atomic E-state index is 6.35. The standard InChI is InChI=1S/C17H20ClNO2/c1-4-19-12(2)14-10-9-13(11-15(14)18)21-17-8-6-5-7-16(17)20-3/h5-12,19H,4H2,1-3H3. The second kappa shape index (κ2) is 7.34. The lowest BCUT2D eigenvalue weighted by Gasteiger charge is -2.16. The average Bonchev–Trinajstić information content (AvgIpc) is 2.48. The molecule has 0 saturated carbocycles. The van der Waals surface area contributed by atoms with Gasteiger partial charge in [0, 0.05) is 11.1 Å². The average molecular weight is 306 g/mol. The summed E-state index contributed by atoms with van der Waals surface area (Å²) in [6, 6.07) is 13.5. The molecule has 4 heteroatoms. The normalized spacial score (nSPS) is 12.0. The summed E-state index contributed by atoms with van der Waals surface area (Å²) < 4.78 is 11.1. The van der Waals surface area contributed by atoms with Crippen LogP contribution in [-0.4, -0.2) is 13.7 Å². The van der Waals surface area contributed by atoms with Crippen LogP contribution in [0.3, 0.4) is 0 Å². The summed E-state index contributed by atoms with van der Waals surface area (Å²) in [5, 5.41) is 4.04. The van der Waals surface area contributed by atoms with Crippen LogP contribution in [0.15, 0.2) is 42.5 Å². The molecule has 0 bridgehead atoms. The molecule has 0 aliphatic heterocycles. The SMILES string of the molecule is CCNC(C)c1ccc(Oc2ccccc2OC)cc1Cl. The minimum atomic E-state index is 0.211. The highest BCUT2D eigenvalue weighted by Gasteiger charge is 2.11. The number of halogens is 1. The molecule has 112 valence electrons. The summed E-state index contributed by atoms with van der Waals surface area (Å²) in [5.41, 5.74) is 1.06. The van der Waals surface area contributed by atoms with Crippen LogP contribution in [0.25, 0.3) is 0 Å². The van der Waals surface area contributed by atoms with Crippen molar-refractivity contribution in [1.82, 2.24) is 5.32 Å². The maximum absolute atomic E-state index is 6.35. The lowest BCUT2D eigenvalue weighted by atomic mass is 10.1. The van der Waals surface area contributed by atoms with E-state index in [1.807, 2.05) is 42.5 Å². The van der Waals surface area contributed by atoms with Gasteiger partial charge in [-0.3, -0.25) is 0 Å². The molecule has 0 fully saturated rings. The third-order valence-electron chi connectivity index (χ3n) is 3.25. The minimum Gasteiger partial charge on any atom is -0.493 e. The molecular weight excluding hydrogens is 286 g/mol. The first kappa shape index (κ1) is 15.7. The Bertz CT molecular complexity index is 601. The number of hydrogen-bond donors (Lipinski definition) is 1. The van der Waals surface area contributed by atoms with Crippen molar-refractivity contribution in [1.29, 1.82) is 0 Å². The van der Waals surface area contributed by atoms with Crippen LogP contribution in [-0.2, 0) is 0 Å². The van der Waals surface area contributed by atoms with Gasteiger partial charge in [-0.05, 0) is 43.3 Å². The van der Waals surface area contributed by atoms with Crippen molar-refractivity contribution in [2.75, 3.05) is 13.7 Å². The number of rotatable bonds is 6. The molecule has 2 aromatic carbocycles. The summed E-state index contributed by atoms with van der Waals surface area (Å²) in [6.45, 7) is 5.06. The van der Waals surface area contributed by atoms with Crippen molar-refractivity contribution in [3.8, 4) is 17.2 Å². The Morgan fingerprint density at radius 2 is 1.86 bits per heavy atom. The zero-order valence-electron chi connectivity index (χ0n) is 12.5. The van der Waals surface area contributed by atoms with E-state index < -0.39 is 0 Å². The highest BCUT2D eigenvalue weighted by molar-refractivity contribution is 6.31. The quantitative estimate of drug-likeness (QED) is 0.830. The Morgan fingerprint density at radius 1 is 1.14 bits per heavy atom. The van der Waals surface area contributed by atoms with Gasteiger partial charge < -0.3 is 14.8 Å². The van der Waals surface area contributed by atoms with E-state index in [0.29, 0.717) is 22.3 Å². The molecule has 1 atom stereocenters. The van der Waals surface area contributed by atoms with Crippen molar-refractivity contribution in [3.63, 3.8) is 0 Å². The van der Waals surface area contributed by atoms with Gasteiger partial charge in [-0.1, -0.05) is 36.7 Å². The van der Waals surface area contributed by atoms with Gasteiger partial charge in [-0.25, -0.2) is 0 Å². The zero-order valence-corrected chi connectivity index (χ0v) is 13.3. The second-order valence-corrected chi connectivity index (χ2v) is 5.12. The minimum absolute atomic E-state index is 0.211. The monoisotopic (exact) mass is 305 g/mol. The van der Waals surface area contributed by atoms with Gasteiger partial charge in [0.05, 0.1) is 7.11 Å². The van der Waals surface area contributed by atoms with E-state index in [4.69, 9.17) is 21.1 Å². The van der Waals surface area contributed by atoms with E-state index in [9.17, 15) is 0 Å². The van der Waals surface area contributed by atoms with E-state index in [-0.39, 0.29) is 6.04 Å². The molecule has 3 nitrogen and oxygen atoms in total. The van der Waals surface area contributed by atoms with Crippen LogP contribution in [0, 0.1) is 0 Å². The molecule has 0 heterocycles. The van der Waals surface area contributed by atoms with E-state index in [1.54, 1.807) is 7.11 Å². The van der Waals surface area contributed by atoms with Crippen LogP contribution in [0.4, 0.5) is 0 Å². The van der Waals surface area contributed by atoms with Gasteiger partial charge in [-0.2, -0.15) is 0 Å². The van der Waals surface area contributed by atoms with Gasteiger partial charge in [-0.15, -0.1) is 0 Å². The zero-order chi connectivity index (χ0) is 15.2. The summed E-state index contributed by atoms with van der Waals surface area (Å²) in [5.74, 6) is 2.05. The number of nitrogens with one attached hydrogen (secondary N) is 1. The topological polar surface area (TPSA) is 30.5 Å². The van der Waals surface area contributed by atoms with Crippen molar-refractivity contribution < 1.29 is 9.47 Å². The number of para-hydroxylation sites is 2. The number of ether oxygens (including phenoxy) is 2. The van der Waals surface area contributed by atoms with Gasteiger partial charge >= 0.3 is 0 Å². The fourth-order valence-corrected chi connectivity index (χ4v) is 2.50. The summed E-state index contributed by atoms with van der Waals surface area (Å²) in [4.78, 5) is 0. The lowest BCUT2D eigenvalue weighted by Crippen LogP contribution is -2.17. The van der Waals surface area contributed by atoms with E-state index in [2.05, 4.69) is 19.2 Å². The molecule has 2 aromatic rings. The maximum Gasteiger partial charge on any atom is 0.169 e. The first-order valence-corrected chi connectivity index (χ1v) is 7.37. The van der Waals surface area contributed by atoms with Gasteiger partial charge in [0.25, 0.3) is 0 Å². The molecule has 0 aliphatic carbocycles. The van der Waals surface area contributed by atoms with Crippen molar-refractivity contribution in [2.24, 2.45) is 0 Å². The predicted octanol–water partition coefficient (Wildman–Crippen LogP) is 4.81. The molecule has 0 amide bonds. The molecule has 21 heavy (non-hydrogen) atoms. The Hall–Kier alpha value is -1.71. The van der Waals surface area contributed by atoms with Crippen LogP contribution in [0.2, 0.25) is 5.02 Å². The summed E-state index contributed by atoms with van der Waals surface area (Å²) >= 11 is 6.35. The lowest BCUT2D eigenvalue weighted by molar-refractivity contribution is 0.379. The van der Waals surface area contributed by atoms with Crippen LogP contribution in [0.5, 0.6) is 17.2 Å². The Kier molecular flexibility index (Phi) is 5.48. The highest BCUT2D eigenvalue weighted by Crippen LogP contribution is 2.34. The second-order valence-electron chi connectivity index (χ2n) is 4.72. The largest absolute Gasteiger partial charge is 0.493 e. The molecule has 0 radical (unpaired) electrons. The predicted molar refractivity (Wildman–Crippen MR) is 86.6 cm³/mol. The van der Waals surface area contributed by atoms with E-state index in [1.165, 1.54) is 0 Å². The molecule has 0 saturated heterocycles. The number of hydrogen-bond acceptors (Lipinski definition) is 3. The molecular formula is C17H20ClNO2. The Labute approximate surface area is 130 Å². The summed E-state index contributed by atoms with van der Waals surface area (Å²) in [7, 11) is 1.62. The van der Waals surface area contributed by atoms with Crippen LogP contribution < -0.4 is 14.8 Å². The highest BCUT2D eigenvalue weighted by atomic mass is 35.5. The third-order valence-corrected chi connectivity index (χ3v) is 3.57. The molecule has 1 N–H and O–H groups in total. The van der Waals surface area contributed by atoms with Crippen molar-refractivity contribution >= 4 is 11.6 Å². The third kappa shape index (κ3) is 3.90. The Morgan fingerprint density at radius 3 is 2.48 bits per heavy atom. The Balaban J connectivity index is 2.20. The first-order chi connectivity index (χ1) is 10.2. The van der Waals surface area contributed by atoms with Gasteiger partial charge in [0.1, 0.15) is 5.75 Å². The van der Waals surface area contributed by atoms with Crippen LogP contribution >= 0.6 is 11.6 Å². The van der Waals surface area contributed by atoms with Crippen molar-refractivity contribution in [2.45, 2.75) is 19.9 Å². The molecule has 2 rings (SSSR count). The number of benzene rings is 2. The molecule has 1 unspecified atom stereocenters. The summed E-state index contributed by atoms with van der Waals surface area (Å²) in [6.07, 6.45) is 0. The molecule has 0 spiro atoms. The van der Waals surface area contributed by atoms with E-state index in [0.717, 1.165) is 12.1 Å². The molecule has 0 aromatic heterocycles.